The third-order valence-corrected chi connectivity index (χ3v) is 7.20. The van der Waals surface area contributed by atoms with E-state index in [1.54, 1.807) is 0 Å². The second kappa shape index (κ2) is 62.3. The van der Waals surface area contributed by atoms with Crippen LogP contribution in [0.2, 0.25) is 0 Å². The number of ether oxygens (including phenoxy) is 10. The fraction of sp³-hybridized carbons (Fsp3) is 0.688. The third kappa shape index (κ3) is 82.9. The molecule has 0 rings (SSSR count). The first-order valence-electron chi connectivity index (χ1n) is 22.5. The van der Waals surface area contributed by atoms with Gasteiger partial charge in [-0.25, -0.2) is 19.2 Å². The Bertz CT molecular complexity index is 1130. The van der Waals surface area contributed by atoms with Crippen LogP contribution in [0.4, 0.5) is 0 Å². The van der Waals surface area contributed by atoms with Crippen LogP contribution in [0.15, 0.2) is 50.6 Å². The molecule has 0 spiro atoms. The molecule has 1 N–H and O–H groups in total. The molecule has 0 aromatic carbocycles. The standard InChI is InChI=1S/C13H22O4.C12H22O2.C11H18O6.C9H16O5.C3H6O/c1-3-13(15)17-11-9-7-5-4-6-8-10-16-12(2)14;1-3-5-6-7-8-9-10-11-14-12(13)4-2;1-3-11(13)17-9-7-15-5-4-14-6-8-16-10(2)12;1-2-9(11)14-8-7-13-6-5-12-4-3-10;1-3(2)4/h3H,1,4-11H2,2H3;4H,2-3,5-11H2,1H3;3H,1,4-9H2,2H3;2,10H,1,3-8H2;1-2H3. The first-order chi connectivity index (χ1) is 31.7. The zero-order chi connectivity index (χ0) is 50.7. The van der Waals surface area contributed by atoms with E-state index in [1.807, 2.05) is 0 Å². The van der Waals surface area contributed by atoms with Gasteiger partial charge in [0.25, 0.3) is 0 Å². The van der Waals surface area contributed by atoms with Crippen LogP contribution in [0.25, 0.3) is 0 Å². The second-order valence-corrected chi connectivity index (χ2v) is 13.5. The molecule has 0 heterocycles. The zero-order valence-electron chi connectivity index (χ0n) is 40.8. The monoisotopic (exact) mass is 949 g/mol. The molecule has 66 heavy (non-hydrogen) atoms. The van der Waals surface area contributed by atoms with Crippen LogP contribution in [0.3, 0.4) is 0 Å². The van der Waals surface area contributed by atoms with Crippen molar-refractivity contribution in [2.24, 2.45) is 0 Å². The molecule has 18 heteroatoms. The van der Waals surface area contributed by atoms with Crippen molar-refractivity contribution in [3.8, 4) is 0 Å². The van der Waals surface area contributed by atoms with Gasteiger partial charge in [-0.05, 0) is 33.1 Å². The molecule has 0 aromatic heterocycles. The normalized spacial score (nSPS) is 9.55. The first kappa shape index (κ1) is 70.3. The highest BCUT2D eigenvalue weighted by atomic mass is 16.6. The van der Waals surface area contributed by atoms with Crippen molar-refractivity contribution in [1.82, 2.24) is 0 Å². The summed E-state index contributed by atoms with van der Waals surface area (Å²) < 4.78 is 48.7. The molecule has 0 aliphatic rings. The van der Waals surface area contributed by atoms with Crippen LogP contribution in [-0.2, 0) is 80.9 Å². The summed E-state index contributed by atoms with van der Waals surface area (Å²) in [4.78, 5) is 72.8. The fourth-order valence-corrected chi connectivity index (χ4v) is 4.12. The predicted octanol–water partition coefficient (Wildman–Crippen LogP) is 6.73. The summed E-state index contributed by atoms with van der Waals surface area (Å²) in [5.41, 5.74) is 0. The van der Waals surface area contributed by atoms with Crippen molar-refractivity contribution in [3.63, 3.8) is 0 Å². The van der Waals surface area contributed by atoms with Gasteiger partial charge in [0, 0.05) is 38.2 Å². The van der Waals surface area contributed by atoms with Crippen molar-refractivity contribution >= 4 is 41.6 Å². The highest BCUT2D eigenvalue weighted by Crippen LogP contribution is 2.07. The lowest BCUT2D eigenvalue weighted by molar-refractivity contribution is -0.143. The third-order valence-electron chi connectivity index (χ3n) is 7.20. The smallest absolute Gasteiger partial charge is 0.330 e. The van der Waals surface area contributed by atoms with Crippen molar-refractivity contribution in [3.05, 3.63) is 50.6 Å². The van der Waals surface area contributed by atoms with Gasteiger partial charge in [0.2, 0.25) is 0 Å². The summed E-state index contributed by atoms with van der Waals surface area (Å²) in [6.07, 6.45) is 19.4. The number of unbranched alkanes of at least 4 members (excludes halogenated alkanes) is 11. The van der Waals surface area contributed by atoms with Gasteiger partial charge >= 0.3 is 35.8 Å². The number of hydrogen-bond acceptors (Lipinski definition) is 18. The van der Waals surface area contributed by atoms with Gasteiger partial charge in [-0.15, -0.1) is 0 Å². The molecule has 0 radical (unpaired) electrons. The Kier molecular flexibility index (Phi) is 66.4. The highest BCUT2D eigenvalue weighted by Gasteiger charge is 1.99. The number of ketones is 1. The average Bonchev–Trinajstić information content (AvgIpc) is 3.29. The quantitative estimate of drug-likeness (QED) is 0.0292. The predicted molar refractivity (Wildman–Crippen MR) is 250 cm³/mol. The van der Waals surface area contributed by atoms with Gasteiger partial charge in [0.15, 0.2) is 0 Å². The molecule has 18 nitrogen and oxygen atoms in total. The topological polar surface area (TPSA) is 232 Å². The minimum absolute atomic E-state index is 0.0109. The number of carbonyl (C=O) groups is 7. The average molecular weight is 949 g/mol. The van der Waals surface area contributed by atoms with Crippen molar-refractivity contribution in [2.75, 3.05) is 99.1 Å². The Balaban J connectivity index is -0.000000244. The van der Waals surface area contributed by atoms with E-state index in [0.29, 0.717) is 72.7 Å². The van der Waals surface area contributed by atoms with Gasteiger partial charge in [0.05, 0.1) is 79.3 Å². The SMILES string of the molecule is C=CC(=O)OCCCCCCCCC.C=CC(=O)OCCCCCCCCOC(C)=O.C=CC(=O)OCCOCCOCCO.C=CC(=O)OCCOCCOCCOC(C)=O.CC(C)=O. The van der Waals surface area contributed by atoms with E-state index in [1.165, 1.54) is 72.0 Å². The maximum Gasteiger partial charge on any atom is 0.330 e. The lowest BCUT2D eigenvalue weighted by Crippen LogP contribution is -2.13. The number of aliphatic hydroxyl groups excluding tert-OH is 1. The van der Waals surface area contributed by atoms with E-state index in [9.17, 15) is 33.6 Å². The maximum atomic E-state index is 10.7. The van der Waals surface area contributed by atoms with Crippen LogP contribution in [0.1, 0.15) is 118 Å². The molecule has 0 unspecified atom stereocenters. The Labute approximate surface area is 394 Å². The summed E-state index contributed by atoms with van der Waals surface area (Å²) in [5.74, 6) is -1.96. The van der Waals surface area contributed by atoms with Crippen LogP contribution < -0.4 is 0 Å². The summed E-state index contributed by atoms with van der Waals surface area (Å²) in [6.45, 7) is 26.3. The zero-order valence-corrected chi connectivity index (χ0v) is 40.8. The molecule has 0 bridgehead atoms. The van der Waals surface area contributed by atoms with E-state index in [0.717, 1.165) is 63.5 Å². The van der Waals surface area contributed by atoms with E-state index in [2.05, 4.69) is 47.5 Å². The summed E-state index contributed by atoms with van der Waals surface area (Å²) in [6, 6.07) is 0. The van der Waals surface area contributed by atoms with Crippen LogP contribution in [-0.4, -0.2) is 146 Å². The minimum Gasteiger partial charge on any atom is -0.466 e. The van der Waals surface area contributed by atoms with E-state index < -0.39 is 11.9 Å². The van der Waals surface area contributed by atoms with Crippen molar-refractivity contribution in [2.45, 2.75) is 118 Å². The van der Waals surface area contributed by atoms with Crippen LogP contribution in [0, 0.1) is 0 Å². The van der Waals surface area contributed by atoms with Crippen LogP contribution >= 0.6 is 0 Å². The molecule has 0 amide bonds. The molecular formula is C48H84O18. The minimum atomic E-state index is -0.466. The lowest BCUT2D eigenvalue weighted by atomic mass is 10.1. The van der Waals surface area contributed by atoms with E-state index in [4.69, 9.17) is 38.3 Å². The molecule has 0 saturated heterocycles. The summed E-state index contributed by atoms with van der Waals surface area (Å²) in [7, 11) is 0. The van der Waals surface area contributed by atoms with Gasteiger partial charge in [-0.2, -0.15) is 0 Å². The van der Waals surface area contributed by atoms with Crippen LogP contribution in [0.5, 0.6) is 0 Å². The molecular weight excluding hydrogens is 865 g/mol. The number of rotatable bonds is 38. The Morgan fingerprint density at radius 1 is 0.348 bits per heavy atom. The molecule has 0 fully saturated rings. The Morgan fingerprint density at radius 2 is 0.576 bits per heavy atom. The molecule has 0 aliphatic carbocycles. The number of aliphatic hydroxyl groups is 1. The van der Waals surface area contributed by atoms with Gasteiger partial charge in [-0.3, -0.25) is 9.59 Å². The largest absolute Gasteiger partial charge is 0.466 e. The molecule has 384 valence electrons. The maximum absolute atomic E-state index is 10.7. The van der Waals surface area contributed by atoms with Gasteiger partial charge in [-0.1, -0.05) is 97.4 Å². The number of hydrogen-bond donors (Lipinski definition) is 1. The molecule has 0 aromatic rings. The van der Waals surface area contributed by atoms with Crippen molar-refractivity contribution in [1.29, 1.82) is 0 Å². The Morgan fingerprint density at radius 3 is 0.864 bits per heavy atom. The second-order valence-electron chi connectivity index (χ2n) is 13.5. The van der Waals surface area contributed by atoms with Crippen molar-refractivity contribution < 1.29 is 86.0 Å². The summed E-state index contributed by atoms with van der Waals surface area (Å²) in [5, 5.41) is 8.36. The number of carbonyl (C=O) groups excluding carboxylic acids is 7. The molecule has 0 atom stereocenters. The first-order valence-corrected chi connectivity index (χ1v) is 22.5. The summed E-state index contributed by atoms with van der Waals surface area (Å²) >= 11 is 0. The molecule has 0 saturated carbocycles. The Hall–Kier alpha value is -4.75. The van der Waals surface area contributed by atoms with E-state index in [-0.39, 0.29) is 56.1 Å². The number of Topliss-reactive ketones (excluding diaryl/α,β-unsaturated/α-hetero) is 1. The molecule has 0 aliphatic heterocycles. The lowest BCUT2D eigenvalue weighted by Gasteiger charge is -2.06. The fourth-order valence-electron chi connectivity index (χ4n) is 4.12. The van der Waals surface area contributed by atoms with Gasteiger partial charge < -0.3 is 57.3 Å². The van der Waals surface area contributed by atoms with E-state index >= 15 is 0 Å². The number of esters is 6. The van der Waals surface area contributed by atoms with Gasteiger partial charge in [0.1, 0.15) is 25.6 Å². The highest BCUT2D eigenvalue weighted by molar-refractivity contribution is 5.82.